The van der Waals surface area contributed by atoms with E-state index >= 15 is 0 Å². The second-order valence-corrected chi connectivity index (χ2v) is 7.72. The second-order valence-electron chi connectivity index (χ2n) is 7.72. The van der Waals surface area contributed by atoms with Gasteiger partial charge in [0, 0.05) is 18.0 Å². The van der Waals surface area contributed by atoms with E-state index in [0.717, 1.165) is 43.1 Å². The Morgan fingerprint density at radius 1 is 1.00 bits per heavy atom. The molecule has 1 amide bonds. The summed E-state index contributed by atoms with van der Waals surface area (Å²) in [6, 6.07) is 19.2. The lowest BCUT2D eigenvalue weighted by atomic mass is 9.86. The third-order valence-electron chi connectivity index (χ3n) is 5.76. The van der Waals surface area contributed by atoms with Gasteiger partial charge in [-0.15, -0.1) is 0 Å². The van der Waals surface area contributed by atoms with Crippen LogP contribution in [-0.2, 0) is 0 Å². The molecule has 2 aromatic carbocycles. The van der Waals surface area contributed by atoms with E-state index in [-0.39, 0.29) is 11.9 Å². The molecule has 6 heteroatoms. The molecule has 1 aliphatic rings. The van der Waals surface area contributed by atoms with Gasteiger partial charge in [0.05, 0.1) is 24.5 Å². The third kappa shape index (κ3) is 5.22. The fourth-order valence-corrected chi connectivity index (χ4v) is 4.04. The number of ether oxygens (including phenoxy) is 1. The van der Waals surface area contributed by atoms with Crippen molar-refractivity contribution in [2.75, 3.05) is 30.8 Å². The Morgan fingerprint density at radius 3 is 2.35 bits per heavy atom. The monoisotopic (exact) mass is 416 g/mol. The minimum atomic E-state index is -0.153. The Hall–Kier alpha value is -3.38. The molecule has 0 radical (unpaired) electrons. The highest BCUT2D eigenvalue weighted by Crippen LogP contribution is 2.34. The van der Waals surface area contributed by atoms with Crippen molar-refractivity contribution in [2.24, 2.45) is 5.92 Å². The number of hydrogen-bond acceptors (Lipinski definition) is 5. The first-order valence-corrected chi connectivity index (χ1v) is 10.7. The first-order valence-electron chi connectivity index (χ1n) is 10.7. The number of pyridine rings is 1. The zero-order valence-corrected chi connectivity index (χ0v) is 17.7. The quantitative estimate of drug-likeness (QED) is 0.529. The fourth-order valence-electron chi connectivity index (χ4n) is 4.04. The number of carbonyl (C=O) groups excluding carboxylic acids is 1. The molecule has 0 bridgehead atoms. The van der Waals surface area contributed by atoms with Gasteiger partial charge in [0.25, 0.3) is 5.91 Å². The van der Waals surface area contributed by atoms with E-state index < -0.39 is 0 Å². The number of hydrogen-bond donors (Lipinski definition) is 3. The minimum Gasteiger partial charge on any atom is -0.497 e. The van der Waals surface area contributed by atoms with Crippen molar-refractivity contribution < 1.29 is 9.53 Å². The maximum Gasteiger partial charge on any atom is 0.255 e. The highest BCUT2D eigenvalue weighted by molar-refractivity contribution is 6.06. The van der Waals surface area contributed by atoms with Crippen LogP contribution in [0.5, 0.6) is 5.75 Å². The lowest BCUT2D eigenvalue weighted by molar-refractivity contribution is 0.102. The summed E-state index contributed by atoms with van der Waals surface area (Å²) in [6.07, 6.45) is 5.87. The van der Waals surface area contributed by atoms with Gasteiger partial charge >= 0.3 is 0 Å². The van der Waals surface area contributed by atoms with Crippen molar-refractivity contribution in [3.8, 4) is 5.75 Å². The minimum absolute atomic E-state index is 0.143. The number of amides is 1. The Kier molecular flexibility index (Phi) is 6.79. The van der Waals surface area contributed by atoms with Crippen LogP contribution in [0.15, 0.2) is 73.1 Å². The molecule has 0 aliphatic carbocycles. The number of carbonyl (C=O) groups is 1. The lowest BCUT2D eigenvalue weighted by Gasteiger charge is -2.33. The number of nitrogens with zero attached hydrogens (tertiary/aromatic N) is 1. The van der Waals surface area contributed by atoms with E-state index in [2.05, 4.69) is 33.1 Å². The summed E-state index contributed by atoms with van der Waals surface area (Å²) < 4.78 is 5.18. The van der Waals surface area contributed by atoms with Crippen LogP contribution in [0, 0.1) is 5.92 Å². The number of benzene rings is 2. The van der Waals surface area contributed by atoms with Crippen molar-refractivity contribution in [1.29, 1.82) is 0 Å². The SMILES string of the molecule is COc1ccc(C(=O)Nc2ccccc2NC(c2ccncc2)C2CCNCC2)cc1. The van der Waals surface area contributed by atoms with Crippen molar-refractivity contribution in [2.45, 2.75) is 18.9 Å². The van der Waals surface area contributed by atoms with Gasteiger partial charge in [-0.05, 0) is 85.9 Å². The van der Waals surface area contributed by atoms with E-state index in [1.807, 2.05) is 36.7 Å². The molecule has 0 saturated carbocycles. The molecule has 1 unspecified atom stereocenters. The lowest BCUT2D eigenvalue weighted by Crippen LogP contribution is -2.33. The molecule has 31 heavy (non-hydrogen) atoms. The summed E-state index contributed by atoms with van der Waals surface area (Å²) >= 11 is 0. The molecule has 160 valence electrons. The highest BCUT2D eigenvalue weighted by atomic mass is 16.5. The van der Waals surface area contributed by atoms with Crippen LogP contribution in [0.25, 0.3) is 0 Å². The molecule has 1 saturated heterocycles. The molecule has 6 nitrogen and oxygen atoms in total. The van der Waals surface area contributed by atoms with Crippen molar-refractivity contribution >= 4 is 17.3 Å². The van der Waals surface area contributed by atoms with Crippen molar-refractivity contribution in [3.63, 3.8) is 0 Å². The van der Waals surface area contributed by atoms with Gasteiger partial charge in [-0.1, -0.05) is 12.1 Å². The first-order chi connectivity index (χ1) is 15.2. The molecule has 1 fully saturated rings. The smallest absolute Gasteiger partial charge is 0.255 e. The molecule has 2 heterocycles. The molecule has 0 spiro atoms. The van der Waals surface area contributed by atoms with E-state index in [1.54, 1.807) is 31.4 Å². The average Bonchev–Trinajstić information content (AvgIpc) is 2.84. The number of anilines is 2. The van der Waals surface area contributed by atoms with Crippen molar-refractivity contribution in [1.82, 2.24) is 10.3 Å². The van der Waals surface area contributed by atoms with Gasteiger partial charge in [-0.3, -0.25) is 9.78 Å². The summed E-state index contributed by atoms with van der Waals surface area (Å²) in [5.74, 6) is 1.06. The summed E-state index contributed by atoms with van der Waals surface area (Å²) in [5, 5.41) is 10.2. The van der Waals surface area contributed by atoms with Crippen LogP contribution in [0.1, 0.15) is 34.8 Å². The van der Waals surface area contributed by atoms with Crippen molar-refractivity contribution in [3.05, 3.63) is 84.2 Å². The number of methoxy groups -OCH3 is 1. The topological polar surface area (TPSA) is 75.3 Å². The predicted molar refractivity (Wildman–Crippen MR) is 124 cm³/mol. The van der Waals surface area contributed by atoms with Crippen LogP contribution in [0.2, 0.25) is 0 Å². The fraction of sp³-hybridized carbons (Fsp3) is 0.280. The summed E-state index contributed by atoms with van der Waals surface area (Å²) in [7, 11) is 1.61. The Bertz CT molecular complexity index is 986. The van der Waals surface area contributed by atoms with Crippen LogP contribution in [0.3, 0.4) is 0 Å². The third-order valence-corrected chi connectivity index (χ3v) is 5.76. The highest BCUT2D eigenvalue weighted by Gasteiger charge is 2.25. The number of nitrogens with one attached hydrogen (secondary N) is 3. The van der Waals surface area contributed by atoms with Crippen LogP contribution in [0.4, 0.5) is 11.4 Å². The number of rotatable bonds is 7. The zero-order chi connectivity index (χ0) is 21.5. The normalized spacial score (nSPS) is 15.1. The van der Waals surface area contributed by atoms with Gasteiger partial charge in [-0.2, -0.15) is 0 Å². The van der Waals surface area contributed by atoms with Gasteiger partial charge in [0.15, 0.2) is 0 Å². The summed E-state index contributed by atoms with van der Waals surface area (Å²) in [4.78, 5) is 17.0. The molecule has 1 aliphatic heterocycles. The largest absolute Gasteiger partial charge is 0.497 e. The van der Waals surface area contributed by atoms with E-state index in [0.29, 0.717) is 11.5 Å². The molecule has 1 atom stereocenters. The molecule has 4 rings (SSSR count). The molecule has 1 aromatic heterocycles. The van der Waals surface area contributed by atoms with Crippen LogP contribution < -0.4 is 20.7 Å². The molecule has 3 aromatic rings. The van der Waals surface area contributed by atoms with Gasteiger partial charge < -0.3 is 20.7 Å². The van der Waals surface area contributed by atoms with Gasteiger partial charge in [0.1, 0.15) is 5.75 Å². The van der Waals surface area contributed by atoms with Crippen LogP contribution in [-0.4, -0.2) is 31.1 Å². The predicted octanol–water partition coefficient (Wildman–Crippen LogP) is 4.50. The van der Waals surface area contributed by atoms with E-state index in [9.17, 15) is 4.79 Å². The first kappa shape index (κ1) is 20.9. The van der Waals surface area contributed by atoms with Gasteiger partial charge in [-0.25, -0.2) is 0 Å². The second kappa shape index (κ2) is 10.1. The Labute approximate surface area is 183 Å². The van der Waals surface area contributed by atoms with E-state index in [1.165, 1.54) is 5.56 Å². The maximum absolute atomic E-state index is 12.8. The number of para-hydroxylation sites is 2. The maximum atomic E-state index is 12.8. The van der Waals surface area contributed by atoms with E-state index in [4.69, 9.17) is 4.74 Å². The molecule has 3 N–H and O–H groups in total. The molecular formula is C25H28N4O2. The molecular weight excluding hydrogens is 388 g/mol. The summed E-state index contributed by atoms with van der Waals surface area (Å²) in [5.41, 5.74) is 3.46. The Morgan fingerprint density at radius 2 is 1.68 bits per heavy atom. The van der Waals surface area contributed by atoms with Gasteiger partial charge in [0.2, 0.25) is 0 Å². The Balaban J connectivity index is 1.56. The van der Waals surface area contributed by atoms with Crippen LogP contribution >= 0.6 is 0 Å². The summed E-state index contributed by atoms with van der Waals surface area (Å²) in [6.45, 7) is 2.04. The number of aromatic nitrogens is 1. The standard InChI is InChI=1S/C25H28N4O2/c1-31-21-8-6-20(7-9-21)25(30)29-23-5-3-2-4-22(23)28-24(18-10-14-26-15-11-18)19-12-16-27-17-13-19/h2-11,14-15,19,24,27-28H,12-13,16-17H2,1H3,(H,29,30). The zero-order valence-electron chi connectivity index (χ0n) is 17.7. The number of piperidine rings is 1. The average molecular weight is 417 g/mol.